The predicted octanol–water partition coefficient (Wildman–Crippen LogP) is 4.45. The van der Waals surface area contributed by atoms with Crippen LogP contribution in [-0.2, 0) is 0 Å². The lowest BCUT2D eigenvalue weighted by Gasteiger charge is -2.25. The lowest BCUT2D eigenvalue weighted by Crippen LogP contribution is -2.42. The molecule has 18 heavy (non-hydrogen) atoms. The molecule has 1 saturated heterocycles. The van der Waals surface area contributed by atoms with E-state index in [0.717, 1.165) is 12.5 Å². The van der Waals surface area contributed by atoms with E-state index in [2.05, 4.69) is 33.0 Å². The van der Waals surface area contributed by atoms with Gasteiger partial charge in [0, 0.05) is 17.8 Å². The molecule has 1 aliphatic rings. The van der Waals surface area contributed by atoms with Gasteiger partial charge in [-0.1, -0.05) is 58.7 Å². The van der Waals surface area contributed by atoms with Crippen molar-refractivity contribution in [3.05, 3.63) is 0 Å². The van der Waals surface area contributed by atoms with Gasteiger partial charge in [-0.15, -0.1) is 0 Å². The lowest BCUT2D eigenvalue weighted by atomic mass is 9.96. The molecule has 2 nitrogen and oxygen atoms in total. The zero-order valence-electron chi connectivity index (χ0n) is 12.6. The van der Waals surface area contributed by atoms with Crippen molar-refractivity contribution in [3.8, 4) is 0 Å². The van der Waals surface area contributed by atoms with Gasteiger partial charge in [-0.3, -0.25) is 4.99 Å². The molecule has 1 fully saturated rings. The summed E-state index contributed by atoms with van der Waals surface area (Å²) in [5.74, 6) is 1.96. The van der Waals surface area contributed by atoms with Crippen LogP contribution in [0.5, 0.6) is 0 Å². The summed E-state index contributed by atoms with van der Waals surface area (Å²) in [5.41, 5.74) is 0.314. The molecule has 1 atom stereocenters. The van der Waals surface area contributed by atoms with Crippen LogP contribution in [0.25, 0.3) is 0 Å². The normalized spacial score (nSPS) is 22.1. The molecule has 106 valence electrons. The molecule has 0 aromatic carbocycles. The van der Waals surface area contributed by atoms with Crippen molar-refractivity contribution in [1.82, 2.24) is 5.32 Å². The Bertz CT molecular complexity index is 259. The highest BCUT2D eigenvalue weighted by atomic mass is 32.2. The first-order chi connectivity index (χ1) is 8.69. The Morgan fingerprint density at radius 2 is 2.00 bits per heavy atom. The maximum atomic E-state index is 4.81. The maximum Gasteiger partial charge on any atom is 0.157 e. The number of amidine groups is 1. The van der Waals surface area contributed by atoms with Crippen molar-refractivity contribution >= 4 is 16.9 Å². The number of unbranched alkanes of at least 4 members (excludes halogenated alkanes) is 1. The van der Waals surface area contributed by atoms with Crippen LogP contribution in [0.3, 0.4) is 0 Å². The molecule has 0 aromatic rings. The number of hydrogen-bond acceptors (Lipinski definition) is 2. The molecule has 1 unspecified atom stereocenters. The Morgan fingerprint density at radius 1 is 1.28 bits per heavy atom. The Kier molecular flexibility index (Phi) is 7.13. The summed E-state index contributed by atoms with van der Waals surface area (Å²) in [6.07, 6.45) is 7.63. The molecule has 0 spiro atoms. The van der Waals surface area contributed by atoms with Crippen LogP contribution in [-0.4, -0.2) is 23.0 Å². The fourth-order valence-electron chi connectivity index (χ4n) is 2.35. The SMILES string of the molecule is CCCCC(CC)CN=C1NC(CC)(CC)CS1. The van der Waals surface area contributed by atoms with Crippen molar-refractivity contribution in [1.29, 1.82) is 0 Å². The highest BCUT2D eigenvalue weighted by Crippen LogP contribution is 2.29. The number of rotatable bonds is 8. The Labute approximate surface area is 117 Å². The minimum atomic E-state index is 0.314. The third kappa shape index (κ3) is 4.49. The summed E-state index contributed by atoms with van der Waals surface area (Å²) >= 11 is 1.91. The summed E-state index contributed by atoms with van der Waals surface area (Å²) in [4.78, 5) is 4.81. The van der Waals surface area contributed by atoms with Crippen LogP contribution >= 0.6 is 11.8 Å². The maximum absolute atomic E-state index is 4.81. The fourth-order valence-corrected chi connectivity index (χ4v) is 3.70. The van der Waals surface area contributed by atoms with Crippen molar-refractivity contribution < 1.29 is 0 Å². The van der Waals surface area contributed by atoms with Crippen LogP contribution in [0.1, 0.15) is 66.2 Å². The van der Waals surface area contributed by atoms with Crippen LogP contribution in [0, 0.1) is 5.92 Å². The van der Waals surface area contributed by atoms with E-state index < -0.39 is 0 Å². The van der Waals surface area contributed by atoms with Crippen molar-refractivity contribution in [2.45, 2.75) is 71.8 Å². The van der Waals surface area contributed by atoms with E-state index in [9.17, 15) is 0 Å². The van der Waals surface area contributed by atoms with E-state index >= 15 is 0 Å². The summed E-state index contributed by atoms with van der Waals surface area (Å²) < 4.78 is 0. The molecule has 0 amide bonds. The van der Waals surface area contributed by atoms with Gasteiger partial charge in [-0.05, 0) is 25.2 Å². The monoisotopic (exact) mass is 270 g/mol. The first-order valence-corrected chi connectivity index (χ1v) is 8.63. The van der Waals surface area contributed by atoms with Crippen molar-refractivity contribution in [2.75, 3.05) is 12.3 Å². The summed E-state index contributed by atoms with van der Waals surface area (Å²) in [7, 11) is 0. The second kappa shape index (κ2) is 8.08. The smallest absolute Gasteiger partial charge is 0.157 e. The van der Waals surface area contributed by atoms with Crippen LogP contribution in [0.4, 0.5) is 0 Å². The number of nitrogens with one attached hydrogen (secondary N) is 1. The predicted molar refractivity (Wildman–Crippen MR) is 84.5 cm³/mol. The zero-order valence-corrected chi connectivity index (χ0v) is 13.4. The quantitative estimate of drug-likeness (QED) is 0.704. The Hall–Kier alpha value is -0.180. The average molecular weight is 270 g/mol. The molecule has 0 bridgehead atoms. The lowest BCUT2D eigenvalue weighted by molar-refractivity contribution is 0.406. The average Bonchev–Trinajstić information content (AvgIpc) is 2.83. The summed E-state index contributed by atoms with van der Waals surface area (Å²) in [6.45, 7) is 10.1. The molecule has 3 heteroatoms. The van der Waals surface area contributed by atoms with Crippen LogP contribution in [0.15, 0.2) is 4.99 Å². The van der Waals surface area contributed by atoms with Gasteiger partial charge < -0.3 is 5.32 Å². The molecule has 1 aliphatic heterocycles. The molecule has 0 aromatic heterocycles. The van der Waals surface area contributed by atoms with Crippen molar-refractivity contribution in [3.63, 3.8) is 0 Å². The van der Waals surface area contributed by atoms with E-state index in [-0.39, 0.29) is 0 Å². The van der Waals surface area contributed by atoms with E-state index in [1.54, 1.807) is 0 Å². The highest BCUT2D eigenvalue weighted by Gasteiger charge is 2.33. The molecule has 0 saturated carbocycles. The largest absolute Gasteiger partial charge is 0.359 e. The molecule has 0 radical (unpaired) electrons. The second-order valence-corrected chi connectivity index (χ2v) is 6.43. The third-order valence-electron chi connectivity index (χ3n) is 4.25. The van der Waals surface area contributed by atoms with E-state index in [1.807, 2.05) is 11.8 Å². The Morgan fingerprint density at radius 3 is 2.50 bits per heavy atom. The molecular formula is C15H30N2S. The standard InChI is InChI=1S/C15H30N2S/c1-5-9-10-13(6-2)11-16-14-17-15(7-3,8-4)12-18-14/h13H,5-12H2,1-4H3,(H,16,17). The van der Waals surface area contributed by atoms with Gasteiger partial charge in [0.15, 0.2) is 5.17 Å². The summed E-state index contributed by atoms with van der Waals surface area (Å²) in [6, 6.07) is 0. The molecule has 1 N–H and O–H groups in total. The summed E-state index contributed by atoms with van der Waals surface area (Å²) in [5, 5.41) is 4.84. The molecular weight excluding hydrogens is 240 g/mol. The second-order valence-electron chi connectivity index (χ2n) is 5.46. The van der Waals surface area contributed by atoms with Gasteiger partial charge in [0.2, 0.25) is 0 Å². The minimum Gasteiger partial charge on any atom is -0.359 e. The highest BCUT2D eigenvalue weighted by molar-refractivity contribution is 8.14. The van der Waals surface area contributed by atoms with Gasteiger partial charge in [-0.2, -0.15) is 0 Å². The Balaban J connectivity index is 2.43. The van der Waals surface area contributed by atoms with Gasteiger partial charge >= 0.3 is 0 Å². The van der Waals surface area contributed by atoms with Gasteiger partial charge in [0.1, 0.15) is 0 Å². The number of aliphatic imine (C=N–C) groups is 1. The van der Waals surface area contributed by atoms with Gasteiger partial charge in [0.25, 0.3) is 0 Å². The first-order valence-electron chi connectivity index (χ1n) is 7.65. The molecule has 0 aliphatic carbocycles. The number of nitrogens with zero attached hydrogens (tertiary/aromatic N) is 1. The van der Waals surface area contributed by atoms with Crippen LogP contribution < -0.4 is 5.32 Å². The topological polar surface area (TPSA) is 24.4 Å². The van der Waals surface area contributed by atoms with Crippen molar-refractivity contribution in [2.24, 2.45) is 10.9 Å². The first kappa shape index (κ1) is 15.9. The van der Waals surface area contributed by atoms with E-state index in [4.69, 9.17) is 4.99 Å². The molecule has 1 rings (SSSR count). The zero-order chi connectivity index (χ0) is 13.4. The van der Waals surface area contributed by atoms with E-state index in [1.165, 1.54) is 49.4 Å². The van der Waals surface area contributed by atoms with Gasteiger partial charge in [-0.25, -0.2) is 0 Å². The minimum absolute atomic E-state index is 0.314. The number of thioether (sulfide) groups is 1. The third-order valence-corrected chi connectivity index (χ3v) is 5.45. The van der Waals surface area contributed by atoms with Crippen LogP contribution in [0.2, 0.25) is 0 Å². The van der Waals surface area contributed by atoms with Gasteiger partial charge in [0.05, 0.1) is 0 Å². The fraction of sp³-hybridized carbons (Fsp3) is 0.933. The molecule has 1 heterocycles. The number of hydrogen-bond donors (Lipinski definition) is 1. The van der Waals surface area contributed by atoms with E-state index in [0.29, 0.717) is 5.54 Å².